The molecule has 0 saturated carbocycles. The van der Waals surface area contributed by atoms with Gasteiger partial charge in [-0.25, -0.2) is 4.39 Å². The lowest BCUT2D eigenvalue weighted by molar-refractivity contribution is -0.192. The molecule has 1 aliphatic carbocycles. The van der Waals surface area contributed by atoms with Gasteiger partial charge in [0, 0.05) is 41.5 Å². The lowest BCUT2D eigenvalue weighted by Crippen LogP contribution is -2.36. The van der Waals surface area contributed by atoms with E-state index in [-0.39, 0.29) is 18.0 Å². The molecule has 3 N–H and O–H groups in total. The van der Waals surface area contributed by atoms with Crippen molar-refractivity contribution in [2.45, 2.75) is 25.7 Å². The Morgan fingerprint density at radius 1 is 1.07 bits per heavy atom. The number of anilines is 1. The molecular formula is C33H33FN4O7. The van der Waals surface area contributed by atoms with Crippen LogP contribution in [0, 0.1) is 11.7 Å². The second kappa shape index (κ2) is 13.7. The van der Waals surface area contributed by atoms with E-state index in [2.05, 4.69) is 20.9 Å². The predicted octanol–water partition coefficient (Wildman–Crippen LogP) is 5.06. The average Bonchev–Trinajstić information content (AvgIpc) is 3.53. The fourth-order valence-electron chi connectivity index (χ4n) is 5.27. The second-order valence-corrected chi connectivity index (χ2v) is 10.9. The summed E-state index contributed by atoms with van der Waals surface area (Å²) < 4.78 is 32.7. The van der Waals surface area contributed by atoms with Gasteiger partial charge in [0.1, 0.15) is 12.0 Å². The summed E-state index contributed by atoms with van der Waals surface area (Å²) in [5, 5.41) is 8.95. The number of nitrogens with one attached hydrogen (secondary N) is 3. The zero-order valence-corrected chi connectivity index (χ0v) is 24.7. The highest BCUT2D eigenvalue weighted by molar-refractivity contribution is 6.39. The number of pyridine rings is 1. The Labute approximate surface area is 259 Å². The molecule has 3 aliphatic rings. The molecule has 0 unspecified atom stereocenters. The van der Waals surface area contributed by atoms with Crippen molar-refractivity contribution < 1.29 is 38.0 Å². The minimum atomic E-state index is -0.915. The maximum atomic E-state index is 15.1. The van der Waals surface area contributed by atoms with Crippen molar-refractivity contribution >= 4 is 28.4 Å². The summed E-state index contributed by atoms with van der Waals surface area (Å²) in [6, 6.07) is 9.09. The number of halogens is 1. The van der Waals surface area contributed by atoms with Crippen molar-refractivity contribution in [2.75, 3.05) is 38.7 Å². The van der Waals surface area contributed by atoms with E-state index in [0.717, 1.165) is 43.1 Å². The van der Waals surface area contributed by atoms with Crippen LogP contribution in [0.3, 0.4) is 0 Å². The highest BCUT2D eigenvalue weighted by Gasteiger charge is 2.21. The van der Waals surface area contributed by atoms with Gasteiger partial charge in [0.15, 0.2) is 28.8 Å². The van der Waals surface area contributed by atoms with Gasteiger partial charge in [-0.1, -0.05) is 6.08 Å². The number of benzene rings is 2. The van der Waals surface area contributed by atoms with Gasteiger partial charge in [-0.05, 0) is 80.6 Å². The number of carbonyl (C=O) groups is 2. The molecule has 234 valence electrons. The molecule has 0 bridgehead atoms. The fraction of sp³-hybridized carbons (Fsp3) is 0.303. The number of piperidine rings is 1. The van der Waals surface area contributed by atoms with E-state index in [1.165, 1.54) is 12.1 Å². The van der Waals surface area contributed by atoms with Gasteiger partial charge in [0.2, 0.25) is 0 Å². The molecule has 12 heteroatoms. The third-order valence-corrected chi connectivity index (χ3v) is 7.78. The van der Waals surface area contributed by atoms with Crippen LogP contribution in [0.15, 0.2) is 77.9 Å². The summed E-state index contributed by atoms with van der Waals surface area (Å²) in [4.78, 5) is 39.1. The molecule has 11 nitrogen and oxygen atoms in total. The molecule has 6 rings (SSSR count). The zero-order chi connectivity index (χ0) is 31.2. The molecule has 2 aromatic carbocycles. The maximum Gasteiger partial charge on any atom is 0.313 e. The Hall–Kier alpha value is -5.10. The first-order valence-electron chi connectivity index (χ1n) is 14.8. The molecule has 3 aromatic rings. The molecule has 2 aliphatic heterocycles. The summed E-state index contributed by atoms with van der Waals surface area (Å²) in [6.45, 7) is 2.78. The Morgan fingerprint density at radius 2 is 1.93 bits per heavy atom. The van der Waals surface area contributed by atoms with Gasteiger partial charge in [-0.3, -0.25) is 24.3 Å². The zero-order valence-electron chi connectivity index (χ0n) is 24.7. The molecule has 0 radical (unpaired) electrons. The monoisotopic (exact) mass is 616 g/mol. The van der Waals surface area contributed by atoms with Crippen LogP contribution < -0.4 is 30.2 Å². The van der Waals surface area contributed by atoms with Gasteiger partial charge in [0.25, 0.3) is 0 Å². The first-order valence-corrected chi connectivity index (χ1v) is 14.8. The molecular weight excluding hydrogens is 583 g/mol. The van der Waals surface area contributed by atoms with Crippen LogP contribution in [0.4, 0.5) is 10.1 Å². The highest BCUT2D eigenvalue weighted by Crippen LogP contribution is 2.38. The van der Waals surface area contributed by atoms with E-state index < -0.39 is 17.6 Å². The molecule has 1 saturated heterocycles. The van der Waals surface area contributed by atoms with E-state index in [1.807, 2.05) is 12.2 Å². The summed E-state index contributed by atoms with van der Waals surface area (Å²) in [7, 11) is 1.56. The number of methoxy groups -OCH3 is 1. The maximum absolute atomic E-state index is 15.1. The number of amides is 2. The number of ether oxygens (including phenoxy) is 3. The Bertz CT molecular complexity index is 1700. The lowest BCUT2D eigenvalue weighted by atomic mass is 9.99. The van der Waals surface area contributed by atoms with Crippen molar-refractivity contribution in [3.05, 3.63) is 83.7 Å². The molecule has 0 spiro atoms. The molecule has 0 atom stereocenters. The Balaban J connectivity index is 1.06. The van der Waals surface area contributed by atoms with Crippen LogP contribution in [0.2, 0.25) is 0 Å². The topological polar surface area (TPSA) is 129 Å². The Morgan fingerprint density at radius 3 is 2.76 bits per heavy atom. The van der Waals surface area contributed by atoms with Gasteiger partial charge >= 0.3 is 11.8 Å². The van der Waals surface area contributed by atoms with E-state index >= 15 is 4.39 Å². The standard InChI is InChI=1S/C33H33FN4O7/c1-41-30-16-24-26(17-31(30)42-18-21-6-10-35-11-7-21)36-13-9-27(24)44-28-5-4-23(15-25(28)34)38-33(40)32(39)37-12-8-20-2-3-22-19-43-45-29(22)14-20/h2,4-5,9,13-17,19,21,35H,3,6-8,10-12,18H2,1H3,(H,37,39)(H,38,40). The summed E-state index contributed by atoms with van der Waals surface area (Å²) in [6.07, 6.45) is 10.2. The van der Waals surface area contributed by atoms with Crippen LogP contribution in [0.1, 0.15) is 25.7 Å². The van der Waals surface area contributed by atoms with Crippen molar-refractivity contribution in [1.82, 2.24) is 15.6 Å². The third-order valence-electron chi connectivity index (χ3n) is 7.78. The number of carbonyl (C=O) groups excluding carboxylic acids is 2. The fourth-order valence-corrected chi connectivity index (χ4v) is 5.27. The van der Waals surface area contributed by atoms with Crippen molar-refractivity contribution in [3.8, 4) is 23.0 Å². The largest absolute Gasteiger partial charge is 0.493 e. The van der Waals surface area contributed by atoms with Crippen molar-refractivity contribution in [3.63, 3.8) is 0 Å². The smallest absolute Gasteiger partial charge is 0.313 e. The van der Waals surface area contributed by atoms with Crippen LogP contribution in [0.5, 0.6) is 23.0 Å². The molecule has 2 amide bonds. The van der Waals surface area contributed by atoms with Gasteiger partial charge in [-0.2, -0.15) is 0 Å². The summed E-state index contributed by atoms with van der Waals surface area (Å²) in [5.74, 6) is 0.0203. The average molecular weight is 617 g/mol. The first kappa shape index (κ1) is 29.9. The number of aromatic nitrogens is 1. The van der Waals surface area contributed by atoms with E-state index in [9.17, 15) is 9.59 Å². The summed E-state index contributed by atoms with van der Waals surface area (Å²) >= 11 is 0. The predicted molar refractivity (Wildman–Crippen MR) is 163 cm³/mol. The number of rotatable bonds is 10. The van der Waals surface area contributed by atoms with Crippen molar-refractivity contribution in [2.24, 2.45) is 5.92 Å². The quantitative estimate of drug-likeness (QED) is 0.212. The molecule has 1 aromatic heterocycles. The Kier molecular flexibility index (Phi) is 9.11. The second-order valence-electron chi connectivity index (χ2n) is 10.9. The minimum Gasteiger partial charge on any atom is -0.493 e. The number of allylic oxidation sites excluding steroid dienone is 3. The number of nitrogens with zero attached hydrogens (tertiary/aromatic N) is 1. The third kappa shape index (κ3) is 7.18. The van der Waals surface area contributed by atoms with Crippen LogP contribution in [-0.2, 0) is 19.4 Å². The van der Waals surface area contributed by atoms with E-state index in [0.29, 0.717) is 59.3 Å². The van der Waals surface area contributed by atoms with Crippen LogP contribution in [0.25, 0.3) is 10.9 Å². The molecule has 1 fully saturated rings. The minimum absolute atomic E-state index is 0.0697. The first-order chi connectivity index (χ1) is 22.0. The van der Waals surface area contributed by atoms with Gasteiger partial charge < -0.3 is 30.2 Å². The lowest BCUT2D eigenvalue weighted by Gasteiger charge is -2.23. The number of hydrogen-bond acceptors (Lipinski definition) is 9. The normalized spacial score (nSPS) is 15.9. The van der Waals surface area contributed by atoms with Gasteiger partial charge in [-0.15, -0.1) is 0 Å². The van der Waals surface area contributed by atoms with E-state index in [1.54, 1.807) is 37.8 Å². The van der Waals surface area contributed by atoms with Crippen molar-refractivity contribution in [1.29, 1.82) is 0 Å². The molecule has 45 heavy (non-hydrogen) atoms. The number of hydrogen-bond donors (Lipinski definition) is 3. The number of fused-ring (bicyclic) bond motifs is 2. The molecule has 3 heterocycles. The van der Waals surface area contributed by atoms with E-state index in [4.69, 9.17) is 24.0 Å². The SMILES string of the molecule is COc1cc2c(Oc3ccc(NC(=O)C(=O)NCCC4=CCC5=COOC5=C4)cc3F)ccnc2cc1OCC1CCNCC1. The van der Waals surface area contributed by atoms with Crippen LogP contribution >= 0.6 is 0 Å². The highest BCUT2D eigenvalue weighted by atomic mass is 19.1. The van der Waals surface area contributed by atoms with Crippen LogP contribution in [-0.4, -0.2) is 50.1 Å². The van der Waals surface area contributed by atoms with Gasteiger partial charge in [0.05, 0.1) is 19.2 Å². The summed E-state index contributed by atoms with van der Waals surface area (Å²) in [5.41, 5.74) is 2.60.